The summed E-state index contributed by atoms with van der Waals surface area (Å²) < 4.78 is 28.8. The molecule has 8 heteroatoms. The largest absolute Gasteiger partial charge is 0.504 e. The van der Waals surface area contributed by atoms with E-state index >= 15 is 0 Å². The maximum absolute atomic E-state index is 10.3. The van der Waals surface area contributed by atoms with Crippen LogP contribution in [-0.2, 0) is 4.74 Å². The maximum atomic E-state index is 10.3. The quantitative estimate of drug-likeness (QED) is 0.472. The third-order valence-corrected chi connectivity index (χ3v) is 3.07. The van der Waals surface area contributed by atoms with Crippen LogP contribution in [-0.4, -0.2) is 57.4 Å². The summed E-state index contributed by atoms with van der Waals surface area (Å²) in [6.45, 7) is 2.00. The molecular weight excluding hydrogens is 344 g/mol. The Balaban J connectivity index is 0.000000418. The molecule has 0 unspecified atom stereocenters. The summed E-state index contributed by atoms with van der Waals surface area (Å²) in [6.07, 6.45) is 3.77. The van der Waals surface area contributed by atoms with Crippen LogP contribution >= 0.6 is 0 Å². The van der Waals surface area contributed by atoms with Crippen molar-refractivity contribution in [1.82, 2.24) is 0 Å². The summed E-state index contributed by atoms with van der Waals surface area (Å²) in [6, 6.07) is 8.06. The molecule has 2 aromatic rings. The van der Waals surface area contributed by atoms with Gasteiger partial charge in [0.15, 0.2) is 23.0 Å². The van der Waals surface area contributed by atoms with Gasteiger partial charge < -0.3 is 30.6 Å². The zero-order valence-corrected chi connectivity index (χ0v) is 13.8. The fraction of sp³-hybridized carbons (Fsp3) is 0.222. The minimum absolute atomic E-state index is 0.0506. The second-order valence-electron chi connectivity index (χ2n) is 5.01. The molecule has 0 atom stereocenters. The molecule has 0 amide bonds. The number of ether oxygens (including phenoxy) is 1. The number of carbonyl (C=O) groups is 2. The third-order valence-electron chi connectivity index (χ3n) is 3.07. The Labute approximate surface area is 156 Å². The van der Waals surface area contributed by atoms with Crippen molar-refractivity contribution in [3.8, 4) is 23.0 Å². The van der Waals surface area contributed by atoms with Gasteiger partial charge in [-0.3, -0.25) is 9.59 Å². The van der Waals surface area contributed by atoms with Crippen molar-refractivity contribution in [2.75, 3.05) is 13.2 Å². The predicted molar refractivity (Wildman–Crippen MR) is 94.0 cm³/mol. The van der Waals surface area contributed by atoms with Gasteiger partial charge >= 0.3 is 0 Å². The topological polar surface area (TPSA) is 156 Å². The van der Waals surface area contributed by atoms with Crippen molar-refractivity contribution in [2.45, 2.75) is 12.8 Å². The molecule has 2 aromatic carbocycles. The zero-order valence-electron chi connectivity index (χ0n) is 17.8. The van der Waals surface area contributed by atoms with Gasteiger partial charge in [-0.25, -0.2) is 0 Å². The van der Waals surface area contributed by atoms with E-state index in [1.807, 2.05) is 0 Å². The van der Waals surface area contributed by atoms with Crippen molar-refractivity contribution < 1.29 is 40.2 Å². The van der Waals surface area contributed by atoms with Crippen LogP contribution in [0, 0.1) is 0 Å². The minimum Gasteiger partial charge on any atom is -0.504 e. The van der Waals surface area contributed by atoms with E-state index in [1.165, 1.54) is 49.2 Å². The van der Waals surface area contributed by atoms with Crippen molar-refractivity contribution in [1.29, 1.82) is 5.72 Å². The minimum atomic E-state index is -0.274. The van der Waals surface area contributed by atoms with Gasteiger partial charge in [0.05, 0.1) is 0 Å². The molecule has 1 aliphatic rings. The molecule has 0 radical (unpaired) electrons. The Bertz CT molecular complexity index is 749. The van der Waals surface area contributed by atoms with Crippen LogP contribution in [0.4, 0.5) is 0 Å². The SMILES string of the molecule is C1CCOC1.O=Cc1ccc(O)c(O)c1.[2H]O[2H].[2H]Oc1ccc(C=O)cc1O[2H]. The number of benzene rings is 2. The molecule has 0 bridgehead atoms. The summed E-state index contributed by atoms with van der Waals surface area (Å²) in [7, 11) is 0. The van der Waals surface area contributed by atoms with Gasteiger partial charge in [0.1, 0.15) is 12.6 Å². The molecule has 26 heavy (non-hydrogen) atoms. The summed E-state index contributed by atoms with van der Waals surface area (Å²) in [5.74, 6) is -0.333. The Morgan fingerprint density at radius 2 is 1.38 bits per heavy atom. The monoisotopic (exact) mass is 370 g/mol. The number of phenols is 4. The summed E-state index contributed by atoms with van der Waals surface area (Å²) in [5.41, 5.74) is 3.47. The first kappa shape index (κ1) is 16.4. The van der Waals surface area contributed by atoms with Crippen LogP contribution in [0.15, 0.2) is 36.4 Å². The van der Waals surface area contributed by atoms with E-state index in [0.29, 0.717) is 23.7 Å². The number of rotatable bonds is 4. The lowest BCUT2D eigenvalue weighted by molar-refractivity contribution is 0.111. The van der Waals surface area contributed by atoms with Crippen molar-refractivity contribution >= 4 is 12.6 Å². The molecule has 0 saturated carbocycles. The second-order valence-corrected chi connectivity index (χ2v) is 5.01. The molecule has 8 nitrogen and oxygen atoms in total. The lowest BCUT2D eigenvalue weighted by atomic mass is 10.2. The lowest BCUT2D eigenvalue weighted by Crippen LogP contribution is -1.77. The molecule has 1 fully saturated rings. The van der Waals surface area contributed by atoms with Gasteiger partial charge in [-0.15, -0.1) is 0 Å². The van der Waals surface area contributed by atoms with E-state index < -0.39 is 0 Å². The van der Waals surface area contributed by atoms with Gasteiger partial charge in [0.2, 0.25) is 2.86 Å². The number of aldehydes is 2. The van der Waals surface area contributed by atoms with E-state index in [4.69, 9.17) is 20.7 Å². The standard InChI is InChI=1S/2C7H6O3.C4H8O.H2O/c2*8-4-5-1-2-6(9)7(10)3-5;1-2-4-5-3-1;/h2*1-4,9-10H;1-4H2;1H2/i/hD4. The van der Waals surface area contributed by atoms with Gasteiger partial charge in [0.25, 0.3) is 2.86 Å². The number of carbonyl (C=O) groups excluding carboxylic acids is 2. The van der Waals surface area contributed by atoms with Gasteiger partial charge in [-0.2, -0.15) is 0 Å². The Morgan fingerprint density at radius 3 is 1.77 bits per heavy atom. The highest BCUT2D eigenvalue weighted by Gasteiger charge is 1.98. The number of hydrogen-bond acceptors (Lipinski definition) is 7. The van der Waals surface area contributed by atoms with Crippen LogP contribution in [0.2, 0.25) is 0 Å². The molecule has 1 heterocycles. The fourth-order valence-electron chi connectivity index (χ4n) is 1.72. The maximum Gasteiger partial charge on any atom is 0.293 e. The van der Waals surface area contributed by atoms with E-state index in [-0.39, 0.29) is 23.0 Å². The molecule has 0 spiro atoms. The average molecular weight is 370 g/mol. The Morgan fingerprint density at radius 1 is 0.885 bits per heavy atom. The van der Waals surface area contributed by atoms with Crippen LogP contribution < -0.4 is 0 Å². The van der Waals surface area contributed by atoms with Crippen LogP contribution in [0.1, 0.15) is 33.6 Å². The normalized spacial score (nSPS) is 13.2. The molecule has 0 aliphatic carbocycles. The average Bonchev–Trinajstić information content (AvgIpc) is 3.36. The van der Waals surface area contributed by atoms with E-state index in [2.05, 4.69) is 15.7 Å². The van der Waals surface area contributed by atoms with Gasteiger partial charge in [-0.1, -0.05) is 0 Å². The predicted octanol–water partition coefficient (Wildman–Crippen LogP) is 1.79. The Hall–Kier alpha value is -3.10. The van der Waals surface area contributed by atoms with Crippen molar-refractivity contribution in [3.63, 3.8) is 0 Å². The lowest BCUT2D eigenvalue weighted by Gasteiger charge is -1.95. The smallest absolute Gasteiger partial charge is 0.293 e. The Kier molecular flexibility index (Phi) is 7.74. The highest BCUT2D eigenvalue weighted by atomic mass is 16.5. The van der Waals surface area contributed by atoms with E-state index in [9.17, 15) is 9.59 Å². The second kappa shape index (κ2) is 12.3. The fourth-order valence-corrected chi connectivity index (χ4v) is 1.72. The van der Waals surface area contributed by atoms with Gasteiger partial charge in [0, 0.05) is 24.3 Å². The first-order chi connectivity index (χ1) is 14.5. The highest BCUT2D eigenvalue weighted by Crippen LogP contribution is 2.24. The summed E-state index contributed by atoms with van der Waals surface area (Å²) in [5, 5.41) is 25.8. The molecular formula is C18H22O8. The number of phenolic OH excluding ortho intramolecular Hbond substituents is 4. The molecule has 0 aromatic heterocycles. The first-order valence-corrected chi connectivity index (χ1v) is 7.46. The zero-order chi connectivity index (χ0) is 22.8. The molecule has 1 aliphatic heterocycles. The van der Waals surface area contributed by atoms with E-state index in [1.54, 1.807) is 0 Å². The van der Waals surface area contributed by atoms with Gasteiger partial charge in [-0.05, 0) is 49.2 Å². The summed E-state index contributed by atoms with van der Waals surface area (Å²) >= 11 is 0. The molecule has 1 saturated heterocycles. The van der Waals surface area contributed by atoms with E-state index in [0.717, 1.165) is 13.2 Å². The first-order valence-electron chi connectivity index (χ1n) is 9.09. The molecule has 6 N–H and O–H groups in total. The van der Waals surface area contributed by atoms with Crippen LogP contribution in [0.3, 0.4) is 0 Å². The van der Waals surface area contributed by atoms with Crippen LogP contribution in [0.25, 0.3) is 0 Å². The molecule has 142 valence electrons. The molecule has 3 rings (SSSR count). The van der Waals surface area contributed by atoms with Crippen molar-refractivity contribution in [2.24, 2.45) is 0 Å². The summed E-state index contributed by atoms with van der Waals surface area (Å²) in [4.78, 5) is 20.3. The third kappa shape index (κ3) is 8.13. The number of aromatic hydroxyl groups is 4. The van der Waals surface area contributed by atoms with Crippen molar-refractivity contribution in [3.05, 3.63) is 47.5 Å². The van der Waals surface area contributed by atoms with Crippen LogP contribution in [0.5, 0.6) is 23.0 Å². The number of hydrogen-bond donors (Lipinski definition) is 4. The highest BCUT2D eigenvalue weighted by molar-refractivity contribution is 5.76.